The fraction of sp³-hybridized carbons (Fsp3) is 0.600. The second-order valence-corrected chi connectivity index (χ2v) is 5.76. The van der Waals surface area contributed by atoms with Crippen LogP contribution in [-0.4, -0.2) is 31.8 Å². The molecule has 1 aromatic rings. The second-order valence-electron chi connectivity index (χ2n) is 5.76. The highest BCUT2D eigenvalue weighted by Gasteiger charge is 2.29. The van der Waals surface area contributed by atoms with Crippen molar-refractivity contribution in [2.45, 2.75) is 31.2 Å². The summed E-state index contributed by atoms with van der Waals surface area (Å²) in [6.07, 6.45) is 2.39. The van der Waals surface area contributed by atoms with E-state index in [0.717, 1.165) is 26.3 Å². The predicted molar refractivity (Wildman–Crippen MR) is 74.1 cm³/mol. The Kier molecular flexibility index (Phi) is 3.27. The number of hydrogen-bond acceptors (Lipinski definition) is 3. The molecule has 2 aliphatic heterocycles. The molecule has 2 atom stereocenters. The van der Waals surface area contributed by atoms with E-state index in [2.05, 4.69) is 41.8 Å². The van der Waals surface area contributed by atoms with Gasteiger partial charge in [-0.25, -0.2) is 0 Å². The van der Waals surface area contributed by atoms with Crippen LogP contribution in [0.2, 0.25) is 0 Å². The lowest BCUT2D eigenvalue weighted by atomic mass is 9.93. The van der Waals surface area contributed by atoms with Gasteiger partial charge in [0.1, 0.15) is 0 Å². The Hall–Kier alpha value is -1.06. The highest BCUT2D eigenvalue weighted by molar-refractivity contribution is 5.57. The molecule has 2 unspecified atom stereocenters. The maximum absolute atomic E-state index is 5.59. The zero-order chi connectivity index (χ0) is 12.4. The summed E-state index contributed by atoms with van der Waals surface area (Å²) in [6, 6.07) is 8.63. The van der Waals surface area contributed by atoms with E-state index in [4.69, 9.17) is 4.74 Å². The number of anilines is 1. The fourth-order valence-corrected chi connectivity index (χ4v) is 2.98. The van der Waals surface area contributed by atoms with Gasteiger partial charge in [0.25, 0.3) is 0 Å². The molecule has 1 aromatic carbocycles. The molecule has 2 aliphatic rings. The first kappa shape index (κ1) is 12.0. The van der Waals surface area contributed by atoms with Crippen LogP contribution in [-0.2, 0) is 4.74 Å². The van der Waals surface area contributed by atoms with Crippen molar-refractivity contribution in [3.8, 4) is 0 Å². The zero-order valence-corrected chi connectivity index (χ0v) is 11.0. The number of ether oxygens (including phenoxy) is 1. The maximum Gasteiger partial charge on any atom is 0.0645 e. The van der Waals surface area contributed by atoms with E-state index >= 15 is 0 Å². The monoisotopic (exact) mass is 246 g/mol. The van der Waals surface area contributed by atoms with Crippen molar-refractivity contribution in [2.75, 3.05) is 31.6 Å². The van der Waals surface area contributed by atoms with Crippen LogP contribution < -0.4 is 10.6 Å². The van der Waals surface area contributed by atoms with Gasteiger partial charge in [-0.05, 0) is 31.4 Å². The average molecular weight is 246 g/mol. The number of benzene rings is 1. The van der Waals surface area contributed by atoms with Crippen LogP contribution in [0.1, 0.15) is 31.2 Å². The maximum atomic E-state index is 5.59. The van der Waals surface area contributed by atoms with E-state index in [9.17, 15) is 0 Å². The van der Waals surface area contributed by atoms with Crippen molar-refractivity contribution < 1.29 is 4.74 Å². The number of fused-ring (bicyclic) bond motifs is 1. The lowest BCUT2D eigenvalue weighted by Gasteiger charge is -2.35. The molecule has 3 nitrogen and oxygen atoms in total. The van der Waals surface area contributed by atoms with Crippen LogP contribution in [0.4, 0.5) is 5.69 Å². The summed E-state index contributed by atoms with van der Waals surface area (Å²) in [6.45, 7) is 6.12. The highest BCUT2D eigenvalue weighted by atomic mass is 16.5. The Labute approximate surface area is 109 Å². The topological polar surface area (TPSA) is 33.3 Å². The quantitative estimate of drug-likeness (QED) is 0.859. The molecule has 2 N–H and O–H groups in total. The summed E-state index contributed by atoms with van der Waals surface area (Å²) in [4.78, 5) is 0. The van der Waals surface area contributed by atoms with Crippen molar-refractivity contribution in [2.24, 2.45) is 0 Å². The fourth-order valence-electron chi connectivity index (χ4n) is 2.98. The van der Waals surface area contributed by atoms with Crippen molar-refractivity contribution in [3.63, 3.8) is 0 Å². The lowest BCUT2D eigenvalue weighted by Crippen LogP contribution is -2.50. The molecule has 2 heterocycles. The van der Waals surface area contributed by atoms with Crippen LogP contribution in [0.15, 0.2) is 24.3 Å². The molecular weight excluding hydrogens is 224 g/mol. The summed E-state index contributed by atoms with van der Waals surface area (Å²) in [7, 11) is 0. The molecule has 0 aliphatic carbocycles. The number of nitrogens with one attached hydrogen (secondary N) is 2. The Balaban J connectivity index is 1.61. The van der Waals surface area contributed by atoms with E-state index in [1.54, 1.807) is 0 Å². The number of para-hydroxylation sites is 1. The van der Waals surface area contributed by atoms with Gasteiger partial charge >= 0.3 is 0 Å². The minimum absolute atomic E-state index is 0.162. The Morgan fingerprint density at radius 3 is 3.17 bits per heavy atom. The van der Waals surface area contributed by atoms with E-state index in [1.807, 2.05) is 0 Å². The van der Waals surface area contributed by atoms with Gasteiger partial charge in [0, 0.05) is 36.8 Å². The Morgan fingerprint density at radius 1 is 1.44 bits per heavy atom. The van der Waals surface area contributed by atoms with Crippen molar-refractivity contribution >= 4 is 5.69 Å². The minimum Gasteiger partial charge on any atom is -0.384 e. The molecule has 3 rings (SSSR count). The van der Waals surface area contributed by atoms with Crippen molar-refractivity contribution in [3.05, 3.63) is 29.8 Å². The lowest BCUT2D eigenvalue weighted by molar-refractivity contribution is 0.0282. The van der Waals surface area contributed by atoms with Crippen LogP contribution in [0.5, 0.6) is 0 Å². The average Bonchev–Trinajstić information content (AvgIpc) is 2.81. The molecular formula is C15H22N2O. The highest BCUT2D eigenvalue weighted by Crippen LogP contribution is 2.31. The summed E-state index contributed by atoms with van der Waals surface area (Å²) in [5.74, 6) is 0.583. The third-order valence-corrected chi connectivity index (χ3v) is 4.15. The molecule has 0 aromatic heterocycles. The van der Waals surface area contributed by atoms with Crippen molar-refractivity contribution in [1.82, 2.24) is 5.32 Å². The summed E-state index contributed by atoms with van der Waals surface area (Å²) in [5.41, 5.74) is 2.91. The second kappa shape index (κ2) is 4.90. The van der Waals surface area contributed by atoms with Gasteiger partial charge < -0.3 is 15.4 Å². The van der Waals surface area contributed by atoms with E-state index in [-0.39, 0.29) is 5.54 Å². The van der Waals surface area contributed by atoms with Crippen LogP contribution >= 0.6 is 0 Å². The predicted octanol–water partition coefficient (Wildman–Crippen LogP) is 2.35. The molecule has 98 valence electrons. The molecule has 18 heavy (non-hydrogen) atoms. The summed E-state index contributed by atoms with van der Waals surface area (Å²) >= 11 is 0. The van der Waals surface area contributed by atoms with Crippen molar-refractivity contribution in [1.29, 1.82) is 0 Å². The van der Waals surface area contributed by atoms with Gasteiger partial charge in [0.05, 0.1) is 6.61 Å². The van der Waals surface area contributed by atoms with Gasteiger partial charge in [0.2, 0.25) is 0 Å². The Bertz CT molecular complexity index is 413. The Morgan fingerprint density at radius 2 is 2.33 bits per heavy atom. The molecule has 0 spiro atoms. The summed E-state index contributed by atoms with van der Waals surface area (Å²) < 4.78 is 5.59. The molecule has 0 saturated carbocycles. The molecule has 1 saturated heterocycles. The number of hydrogen-bond donors (Lipinski definition) is 2. The third kappa shape index (κ3) is 2.38. The normalized spacial score (nSPS) is 30.8. The van der Waals surface area contributed by atoms with Crippen LogP contribution in [0, 0.1) is 0 Å². The standard InChI is InChI=1S/C15H22N2O/c1-15(7-4-8-18-11-15)17-10-12-9-16-14-6-3-2-5-13(12)14/h2-3,5-6,12,16-17H,4,7-11H2,1H3. The largest absolute Gasteiger partial charge is 0.384 e. The number of rotatable bonds is 3. The van der Waals surface area contributed by atoms with Gasteiger partial charge in [-0.15, -0.1) is 0 Å². The van der Waals surface area contributed by atoms with Gasteiger partial charge in [0.15, 0.2) is 0 Å². The van der Waals surface area contributed by atoms with E-state index in [0.29, 0.717) is 5.92 Å². The molecule has 1 fully saturated rings. The first-order valence-electron chi connectivity index (χ1n) is 6.92. The molecule has 0 radical (unpaired) electrons. The van der Waals surface area contributed by atoms with Gasteiger partial charge in [-0.3, -0.25) is 0 Å². The smallest absolute Gasteiger partial charge is 0.0645 e. The summed E-state index contributed by atoms with van der Waals surface area (Å²) in [5, 5.41) is 7.20. The van der Waals surface area contributed by atoms with Crippen LogP contribution in [0.3, 0.4) is 0 Å². The van der Waals surface area contributed by atoms with E-state index < -0.39 is 0 Å². The first-order chi connectivity index (χ1) is 8.77. The third-order valence-electron chi connectivity index (χ3n) is 4.15. The first-order valence-corrected chi connectivity index (χ1v) is 6.92. The molecule has 0 bridgehead atoms. The SMILES string of the molecule is CC1(NCC2CNc3ccccc32)CCCOC1. The zero-order valence-electron chi connectivity index (χ0n) is 11.0. The van der Waals surface area contributed by atoms with Gasteiger partial charge in [-0.2, -0.15) is 0 Å². The molecule has 0 amide bonds. The van der Waals surface area contributed by atoms with Crippen LogP contribution in [0.25, 0.3) is 0 Å². The van der Waals surface area contributed by atoms with E-state index in [1.165, 1.54) is 24.1 Å². The molecule has 3 heteroatoms. The van der Waals surface area contributed by atoms with Gasteiger partial charge in [-0.1, -0.05) is 18.2 Å². The minimum atomic E-state index is 0.162.